The third-order valence-electron chi connectivity index (χ3n) is 3.84. The van der Waals surface area contributed by atoms with Crippen molar-refractivity contribution >= 4 is 34.3 Å². The molecule has 0 spiro atoms. The van der Waals surface area contributed by atoms with Crippen molar-refractivity contribution in [1.82, 2.24) is 10.2 Å². The van der Waals surface area contributed by atoms with Crippen LogP contribution in [0.3, 0.4) is 0 Å². The molecular weight excluding hydrogens is 454 g/mol. The number of carbonyl (C=O) groups is 2. The predicted octanol–water partition coefficient (Wildman–Crippen LogP) is 1.98. The van der Waals surface area contributed by atoms with Gasteiger partial charge in [0.25, 0.3) is 0 Å². The molecular formula is C18H22FIN2O4. The smallest absolute Gasteiger partial charge is 0.343 e. The van der Waals surface area contributed by atoms with E-state index in [0.717, 1.165) is 19.6 Å². The number of carbonyl (C=O) groups excluding carboxylic acids is 2. The Kier molecular flexibility index (Phi) is 8.46. The molecule has 26 heavy (non-hydrogen) atoms. The number of hydrogen-bond donors (Lipinski definition) is 1. The molecule has 0 atom stereocenters. The van der Waals surface area contributed by atoms with Gasteiger partial charge in [0.05, 0.1) is 25.4 Å². The molecule has 0 radical (unpaired) electrons. The van der Waals surface area contributed by atoms with Crippen LogP contribution in [0.15, 0.2) is 30.0 Å². The van der Waals surface area contributed by atoms with E-state index in [1.807, 2.05) is 22.6 Å². The van der Waals surface area contributed by atoms with E-state index in [9.17, 15) is 14.0 Å². The van der Waals surface area contributed by atoms with Crippen molar-refractivity contribution in [1.29, 1.82) is 0 Å². The summed E-state index contributed by atoms with van der Waals surface area (Å²) in [4.78, 5) is 27.0. The van der Waals surface area contributed by atoms with Gasteiger partial charge in [0.1, 0.15) is 11.4 Å². The number of nitrogens with zero attached hydrogens (tertiary/aromatic N) is 1. The number of nitrogens with one attached hydrogen (secondary N) is 1. The summed E-state index contributed by atoms with van der Waals surface area (Å²) in [7, 11) is 0. The molecule has 142 valence electrons. The van der Waals surface area contributed by atoms with Gasteiger partial charge in [-0.1, -0.05) is 0 Å². The quantitative estimate of drug-likeness (QED) is 0.118. The van der Waals surface area contributed by atoms with Crippen molar-refractivity contribution in [2.75, 3.05) is 46.0 Å². The molecule has 0 aliphatic carbocycles. The monoisotopic (exact) mass is 476 g/mol. The van der Waals surface area contributed by atoms with Crippen LogP contribution in [0.4, 0.5) is 4.39 Å². The molecule has 1 aliphatic heterocycles. The largest absolute Gasteiger partial charge is 0.462 e. The first kappa shape index (κ1) is 20.8. The summed E-state index contributed by atoms with van der Waals surface area (Å²) in [5, 5.41) is 2.97. The van der Waals surface area contributed by atoms with E-state index in [-0.39, 0.29) is 17.7 Å². The van der Waals surface area contributed by atoms with Gasteiger partial charge in [-0.2, -0.15) is 0 Å². The van der Waals surface area contributed by atoms with E-state index >= 15 is 0 Å². The molecule has 1 N–H and O–H groups in total. The maximum Gasteiger partial charge on any atom is 0.343 e. The number of ketones is 1. The maximum absolute atomic E-state index is 14.0. The Morgan fingerprint density at radius 2 is 2.12 bits per heavy atom. The first-order valence-electron chi connectivity index (χ1n) is 8.43. The number of rotatable bonds is 8. The SMILES string of the molecule is CCOC(=O)/C(=C\NCCN1CCOCC1)C(=O)c1cc(I)ccc1F. The molecule has 8 heteroatoms. The second-order valence-electron chi connectivity index (χ2n) is 5.64. The third-order valence-corrected chi connectivity index (χ3v) is 4.51. The predicted molar refractivity (Wildman–Crippen MR) is 103 cm³/mol. The molecule has 1 fully saturated rings. The van der Waals surface area contributed by atoms with Crippen LogP contribution in [0, 0.1) is 9.39 Å². The van der Waals surface area contributed by atoms with Crippen molar-refractivity contribution in [2.24, 2.45) is 0 Å². The standard InChI is InChI=1S/C18H22FIN2O4/c1-2-26-18(24)15(12-21-5-6-22-7-9-25-10-8-22)17(23)14-11-13(20)3-4-16(14)19/h3-4,11-12,21H,2,5-10H2,1H3/b15-12-. The van der Waals surface area contributed by atoms with Crippen LogP contribution in [0.2, 0.25) is 0 Å². The van der Waals surface area contributed by atoms with Gasteiger partial charge in [0.2, 0.25) is 5.78 Å². The minimum Gasteiger partial charge on any atom is -0.462 e. The lowest BCUT2D eigenvalue weighted by molar-refractivity contribution is -0.138. The van der Waals surface area contributed by atoms with E-state index in [4.69, 9.17) is 9.47 Å². The highest BCUT2D eigenvalue weighted by atomic mass is 127. The average Bonchev–Trinajstić information content (AvgIpc) is 2.64. The number of hydrogen-bond acceptors (Lipinski definition) is 6. The molecule has 0 aromatic heterocycles. The fourth-order valence-electron chi connectivity index (χ4n) is 2.46. The van der Waals surface area contributed by atoms with Gasteiger partial charge in [-0.05, 0) is 47.7 Å². The fourth-order valence-corrected chi connectivity index (χ4v) is 2.96. The van der Waals surface area contributed by atoms with E-state index < -0.39 is 17.6 Å². The van der Waals surface area contributed by atoms with Crippen LogP contribution in [-0.2, 0) is 14.3 Å². The Bertz CT molecular complexity index is 675. The molecule has 0 unspecified atom stereocenters. The Morgan fingerprint density at radius 1 is 1.38 bits per heavy atom. The minimum atomic E-state index is -0.769. The van der Waals surface area contributed by atoms with Crippen LogP contribution in [0.5, 0.6) is 0 Å². The van der Waals surface area contributed by atoms with Crippen molar-refractivity contribution < 1.29 is 23.5 Å². The Morgan fingerprint density at radius 3 is 2.81 bits per heavy atom. The minimum absolute atomic E-state index is 0.131. The number of esters is 1. The van der Waals surface area contributed by atoms with E-state index in [2.05, 4.69) is 10.2 Å². The van der Waals surface area contributed by atoms with E-state index in [0.29, 0.717) is 23.3 Å². The van der Waals surface area contributed by atoms with Gasteiger partial charge in [-0.25, -0.2) is 9.18 Å². The Hall–Kier alpha value is -1.52. The zero-order chi connectivity index (χ0) is 18.9. The van der Waals surface area contributed by atoms with Gasteiger partial charge < -0.3 is 14.8 Å². The fraction of sp³-hybridized carbons (Fsp3) is 0.444. The van der Waals surface area contributed by atoms with Crippen LogP contribution in [0.1, 0.15) is 17.3 Å². The zero-order valence-electron chi connectivity index (χ0n) is 14.6. The summed E-state index contributed by atoms with van der Waals surface area (Å²) in [6.45, 7) is 6.19. The number of halogens is 2. The topological polar surface area (TPSA) is 67.9 Å². The van der Waals surface area contributed by atoms with Gasteiger partial charge in [-0.15, -0.1) is 0 Å². The lowest BCUT2D eigenvalue weighted by Crippen LogP contribution is -2.39. The van der Waals surface area contributed by atoms with Crippen molar-refractivity contribution in [2.45, 2.75) is 6.92 Å². The molecule has 1 aromatic rings. The van der Waals surface area contributed by atoms with Crippen molar-refractivity contribution in [3.8, 4) is 0 Å². The summed E-state index contributed by atoms with van der Waals surface area (Å²) in [6.07, 6.45) is 1.32. The lowest BCUT2D eigenvalue weighted by atomic mass is 10.0. The van der Waals surface area contributed by atoms with Gasteiger partial charge in [-0.3, -0.25) is 9.69 Å². The molecule has 1 heterocycles. The second kappa shape index (κ2) is 10.6. The zero-order valence-corrected chi connectivity index (χ0v) is 16.8. The molecule has 1 aromatic carbocycles. The molecule has 2 rings (SSSR count). The van der Waals surface area contributed by atoms with Gasteiger partial charge in [0.15, 0.2) is 0 Å². The van der Waals surface area contributed by atoms with Crippen LogP contribution in [0.25, 0.3) is 0 Å². The van der Waals surface area contributed by atoms with Crippen LogP contribution < -0.4 is 5.32 Å². The molecule has 0 saturated carbocycles. The summed E-state index contributed by atoms with van der Waals surface area (Å²) in [5.74, 6) is -2.13. The molecule has 1 saturated heterocycles. The molecule has 1 aliphatic rings. The Labute approximate surface area is 165 Å². The van der Waals surface area contributed by atoms with Crippen LogP contribution in [-0.4, -0.2) is 62.7 Å². The molecule has 0 amide bonds. The highest BCUT2D eigenvalue weighted by Gasteiger charge is 2.24. The number of Topliss-reactive ketones (excluding diaryl/α,β-unsaturated/α-hetero) is 1. The number of benzene rings is 1. The van der Waals surface area contributed by atoms with E-state index in [1.165, 1.54) is 18.3 Å². The summed E-state index contributed by atoms with van der Waals surface area (Å²) in [6, 6.07) is 4.18. The second-order valence-corrected chi connectivity index (χ2v) is 6.89. The highest BCUT2D eigenvalue weighted by molar-refractivity contribution is 14.1. The molecule has 6 nitrogen and oxygen atoms in total. The highest BCUT2D eigenvalue weighted by Crippen LogP contribution is 2.17. The Balaban J connectivity index is 2.07. The number of morpholine rings is 1. The van der Waals surface area contributed by atoms with E-state index in [1.54, 1.807) is 13.0 Å². The first-order valence-corrected chi connectivity index (χ1v) is 9.51. The average molecular weight is 476 g/mol. The molecule has 0 bridgehead atoms. The third kappa shape index (κ3) is 6.03. The van der Waals surface area contributed by atoms with Crippen molar-refractivity contribution in [3.05, 3.63) is 44.9 Å². The lowest BCUT2D eigenvalue weighted by Gasteiger charge is -2.26. The summed E-state index contributed by atoms with van der Waals surface area (Å²) < 4.78 is 25.0. The summed E-state index contributed by atoms with van der Waals surface area (Å²) in [5.41, 5.74) is -0.360. The van der Waals surface area contributed by atoms with Gasteiger partial charge in [0, 0.05) is 35.9 Å². The number of ether oxygens (including phenoxy) is 2. The summed E-state index contributed by atoms with van der Waals surface area (Å²) >= 11 is 1.99. The maximum atomic E-state index is 14.0. The normalized spacial score (nSPS) is 15.6. The first-order chi connectivity index (χ1) is 12.5. The van der Waals surface area contributed by atoms with Gasteiger partial charge >= 0.3 is 5.97 Å². The van der Waals surface area contributed by atoms with Crippen molar-refractivity contribution in [3.63, 3.8) is 0 Å². The van der Waals surface area contributed by atoms with Crippen LogP contribution >= 0.6 is 22.6 Å².